The second kappa shape index (κ2) is 10.0. The third kappa shape index (κ3) is 4.83. The molecule has 0 amide bonds. The Hall–Kier alpha value is -2.47. The lowest BCUT2D eigenvalue weighted by atomic mass is 9.82. The highest BCUT2D eigenvalue weighted by molar-refractivity contribution is 7.90. The van der Waals surface area contributed by atoms with Crippen LogP contribution in [0.3, 0.4) is 0 Å². The number of likely N-dealkylation sites (tertiary alicyclic amines) is 1. The average Bonchev–Trinajstić information content (AvgIpc) is 2.85. The molecule has 0 N–H and O–H groups in total. The van der Waals surface area contributed by atoms with Crippen LogP contribution in [0.4, 0.5) is 0 Å². The molecule has 3 aliphatic rings. The lowest BCUT2D eigenvalue weighted by Gasteiger charge is -2.49. The number of benzene rings is 2. The molecule has 0 aromatic heterocycles. The number of rotatable bonds is 5. The topological polar surface area (TPSA) is 62.1 Å². The molecule has 180 valence electrons. The maximum Gasteiger partial charge on any atom is 0.283 e. The van der Waals surface area contributed by atoms with Gasteiger partial charge >= 0.3 is 0 Å². The molecule has 2 aromatic rings. The molecule has 5 rings (SSSR count). The van der Waals surface area contributed by atoms with Crippen molar-refractivity contribution in [2.75, 3.05) is 0 Å². The minimum absolute atomic E-state index is 0.190. The highest BCUT2D eigenvalue weighted by Crippen LogP contribution is 2.40. The lowest BCUT2D eigenvalue weighted by Crippen LogP contribution is -2.61. The van der Waals surface area contributed by atoms with Crippen LogP contribution in [-0.2, 0) is 10.0 Å². The van der Waals surface area contributed by atoms with Crippen molar-refractivity contribution in [1.29, 1.82) is 0 Å². The molecule has 1 heterocycles. The summed E-state index contributed by atoms with van der Waals surface area (Å²) in [7, 11) is -3.81. The van der Waals surface area contributed by atoms with Crippen LogP contribution in [0.2, 0.25) is 0 Å². The van der Waals surface area contributed by atoms with Crippen molar-refractivity contribution in [2.24, 2.45) is 9.39 Å². The van der Waals surface area contributed by atoms with Crippen molar-refractivity contribution in [3.05, 3.63) is 65.7 Å². The Morgan fingerprint density at radius 2 is 1.38 bits per heavy atom. The van der Waals surface area contributed by atoms with Gasteiger partial charge in [-0.1, -0.05) is 86.6 Å². The third-order valence-electron chi connectivity index (χ3n) is 7.50. The summed E-state index contributed by atoms with van der Waals surface area (Å²) in [6.45, 7) is 1.96. The van der Waals surface area contributed by atoms with Gasteiger partial charge < -0.3 is 4.90 Å². The van der Waals surface area contributed by atoms with E-state index >= 15 is 0 Å². The summed E-state index contributed by atoms with van der Waals surface area (Å²) in [6.07, 6.45) is 11.7. The Balaban J connectivity index is 1.59. The van der Waals surface area contributed by atoms with Crippen molar-refractivity contribution in [3.8, 4) is 0 Å². The van der Waals surface area contributed by atoms with Gasteiger partial charge in [-0.15, -0.1) is 4.40 Å². The summed E-state index contributed by atoms with van der Waals surface area (Å²) in [5.41, 5.74) is 2.10. The van der Waals surface area contributed by atoms with E-state index in [9.17, 15) is 8.42 Å². The van der Waals surface area contributed by atoms with E-state index in [0.29, 0.717) is 11.9 Å². The van der Waals surface area contributed by atoms with E-state index in [1.54, 1.807) is 12.1 Å². The van der Waals surface area contributed by atoms with E-state index in [0.717, 1.165) is 42.6 Å². The molecule has 2 aliphatic carbocycles. The Morgan fingerprint density at radius 1 is 0.765 bits per heavy atom. The smallest absolute Gasteiger partial charge is 0.283 e. The van der Waals surface area contributed by atoms with Crippen LogP contribution in [0.5, 0.6) is 0 Å². The number of hydrogen-bond acceptors (Lipinski definition) is 3. The van der Waals surface area contributed by atoms with Crippen molar-refractivity contribution in [3.63, 3.8) is 0 Å². The summed E-state index contributed by atoms with van der Waals surface area (Å²) in [5, 5.41) is 0. The number of amidine groups is 2. The number of sulfonamides is 1. The van der Waals surface area contributed by atoms with Gasteiger partial charge in [-0.3, -0.25) is 4.99 Å². The highest BCUT2D eigenvalue weighted by atomic mass is 32.2. The summed E-state index contributed by atoms with van der Waals surface area (Å²) < 4.78 is 31.3. The van der Waals surface area contributed by atoms with E-state index in [4.69, 9.17) is 4.99 Å². The first kappa shape index (κ1) is 23.3. The fourth-order valence-corrected chi connectivity index (χ4v) is 6.64. The zero-order valence-electron chi connectivity index (χ0n) is 20.1. The summed E-state index contributed by atoms with van der Waals surface area (Å²) in [5.74, 6) is 1.49. The molecule has 1 saturated heterocycles. The van der Waals surface area contributed by atoms with Crippen LogP contribution < -0.4 is 0 Å². The van der Waals surface area contributed by atoms with Crippen LogP contribution in [0.1, 0.15) is 81.3 Å². The van der Waals surface area contributed by atoms with Gasteiger partial charge in [-0.25, -0.2) is 0 Å². The molecule has 2 aromatic carbocycles. The quantitative estimate of drug-likeness (QED) is 0.512. The van der Waals surface area contributed by atoms with Crippen LogP contribution in [-0.4, -0.2) is 37.1 Å². The maximum atomic E-state index is 13.4. The summed E-state index contributed by atoms with van der Waals surface area (Å²) in [4.78, 5) is 7.74. The Kier molecular flexibility index (Phi) is 6.87. The van der Waals surface area contributed by atoms with E-state index in [-0.39, 0.29) is 16.9 Å². The molecule has 5 nitrogen and oxygen atoms in total. The van der Waals surface area contributed by atoms with E-state index in [1.165, 1.54) is 38.5 Å². The molecule has 1 aliphatic heterocycles. The van der Waals surface area contributed by atoms with Gasteiger partial charge in [0.25, 0.3) is 10.0 Å². The molecule has 1 atom stereocenters. The van der Waals surface area contributed by atoms with E-state index in [2.05, 4.69) is 21.4 Å². The fourth-order valence-electron chi connectivity index (χ4n) is 5.62. The average molecular weight is 478 g/mol. The van der Waals surface area contributed by atoms with Crippen LogP contribution in [0.15, 0.2) is 68.9 Å². The molecule has 3 fully saturated rings. The van der Waals surface area contributed by atoms with E-state index in [1.807, 2.05) is 37.3 Å². The zero-order chi connectivity index (χ0) is 23.5. The second-order valence-corrected chi connectivity index (χ2v) is 11.6. The van der Waals surface area contributed by atoms with Crippen LogP contribution in [0, 0.1) is 6.92 Å². The van der Waals surface area contributed by atoms with Gasteiger partial charge in [0.1, 0.15) is 17.6 Å². The highest BCUT2D eigenvalue weighted by Gasteiger charge is 2.48. The zero-order valence-corrected chi connectivity index (χ0v) is 20.9. The monoisotopic (exact) mass is 477 g/mol. The fraction of sp³-hybridized carbons (Fsp3) is 0.500. The first-order valence-corrected chi connectivity index (χ1v) is 14.3. The molecule has 0 spiro atoms. The molecule has 0 bridgehead atoms. The summed E-state index contributed by atoms with van der Waals surface area (Å²) in [6, 6.07) is 17.8. The first-order chi connectivity index (χ1) is 16.5. The van der Waals surface area contributed by atoms with Crippen LogP contribution >= 0.6 is 0 Å². The van der Waals surface area contributed by atoms with Gasteiger partial charge in [-0.05, 0) is 50.3 Å². The van der Waals surface area contributed by atoms with Gasteiger partial charge in [0.15, 0.2) is 0 Å². The standard InChI is InChI=1S/C28H35N3O2S/c1-21-17-19-25(20-18-21)34(32,33)30-28-26(22-11-5-2-6-12-22)27(29-23-13-7-3-8-14-23)31(28)24-15-9-4-10-16-24/h2,5-6,11-12,17-20,23-24,26H,3-4,7-10,13-16H2,1H3/b29-27?,30-28-. The summed E-state index contributed by atoms with van der Waals surface area (Å²) >= 11 is 0. The SMILES string of the molecule is Cc1ccc(S(=O)(=O)/N=C2/C(c3ccccc3)C(=NC3CCCCC3)N2C2CCCCC2)cc1. The number of nitrogens with zero attached hydrogens (tertiary/aromatic N) is 3. The first-order valence-electron chi connectivity index (χ1n) is 12.9. The lowest BCUT2D eigenvalue weighted by molar-refractivity contribution is 0.293. The predicted octanol–water partition coefficient (Wildman–Crippen LogP) is 6.25. The Labute approximate surface area is 204 Å². The largest absolute Gasteiger partial charge is 0.313 e. The molecule has 34 heavy (non-hydrogen) atoms. The number of aliphatic imine (C=N–C) groups is 1. The third-order valence-corrected chi connectivity index (χ3v) is 8.80. The minimum Gasteiger partial charge on any atom is -0.313 e. The number of aryl methyl sites for hydroxylation is 1. The van der Waals surface area contributed by atoms with Crippen LogP contribution in [0.25, 0.3) is 0 Å². The minimum atomic E-state index is -3.81. The van der Waals surface area contributed by atoms with Gasteiger partial charge in [0, 0.05) is 6.04 Å². The van der Waals surface area contributed by atoms with Crippen molar-refractivity contribution in [1.82, 2.24) is 4.90 Å². The van der Waals surface area contributed by atoms with Crippen molar-refractivity contribution in [2.45, 2.75) is 94.0 Å². The molecule has 6 heteroatoms. The van der Waals surface area contributed by atoms with Crippen molar-refractivity contribution < 1.29 is 8.42 Å². The van der Waals surface area contributed by atoms with Crippen molar-refractivity contribution >= 4 is 21.7 Å². The van der Waals surface area contributed by atoms with Gasteiger partial charge in [0.05, 0.1) is 10.9 Å². The second-order valence-electron chi connectivity index (χ2n) is 10.0. The number of hydrogen-bond donors (Lipinski definition) is 0. The molecule has 0 radical (unpaired) electrons. The maximum absolute atomic E-state index is 13.4. The molecule has 1 unspecified atom stereocenters. The van der Waals surface area contributed by atoms with Gasteiger partial charge in [0.2, 0.25) is 0 Å². The normalized spacial score (nSPS) is 25.0. The molecule has 2 saturated carbocycles. The van der Waals surface area contributed by atoms with E-state index < -0.39 is 10.0 Å². The molecular formula is C28H35N3O2S. The van der Waals surface area contributed by atoms with Gasteiger partial charge in [-0.2, -0.15) is 8.42 Å². The Bertz CT molecular complexity index is 1140. The molecular weight excluding hydrogens is 442 g/mol. The predicted molar refractivity (Wildman–Crippen MR) is 138 cm³/mol. The Morgan fingerprint density at radius 3 is 2.03 bits per heavy atom.